The zero-order valence-electron chi connectivity index (χ0n) is 11.9. The van der Waals surface area contributed by atoms with Crippen molar-refractivity contribution >= 4 is 0 Å². The van der Waals surface area contributed by atoms with Crippen molar-refractivity contribution in [3.05, 3.63) is 58.9 Å². The fraction of sp³-hybridized carbons (Fsp3) is 0.294. The Morgan fingerprint density at radius 3 is 2.52 bits per heavy atom. The highest BCUT2D eigenvalue weighted by molar-refractivity contribution is 5.46. The average molecular weight is 287 g/mol. The Morgan fingerprint density at radius 2 is 1.76 bits per heavy atom. The molecule has 1 aliphatic heterocycles. The van der Waals surface area contributed by atoms with Gasteiger partial charge in [0.2, 0.25) is 0 Å². The molecule has 4 heteroatoms. The van der Waals surface area contributed by atoms with Crippen molar-refractivity contribution in [2.45, 2.75) is 19.4 Å². The van der Waals surface area contributed by atoms with Gasteiger partial charge < -0.3 is 15.2 Å². The van der Waals surface area contributed by atoms with Crippen LogP contribution in [0.1, 0.15) is 29.2 Å². The number of rotatable bonds is 2. The maximum Gasteiger partial charge on any atom is 0.161 e. The van der Waals surface area contributed by atoms with Crippen LogP contribution >= 0.6 is 0 Å². The quantitative estimate of drug-likeness (QED) is 0.921. The second-order valence-corrected chi connectivity index (χ2v) is 5.30. The summed E-state index contributed by atoms with van der Waals surface area (Å²) in [5, 5.41) is 0. The number of ether oxygens (including phenoxy) is 2. The van der Waals surface area contributed by atoms with Crippen LogP contribution in [0.25, 0.3) is 0 Å². The summed E-state index contributed by atoms with van der Waals surface area (Å²) in [6.45, 7) is 3.14. The Morgan fingerprint density at radius 1 is 1.00 bits per heavy atom. The molecule has 0 aromatic heterocycles. The molecule has 21 heavy (non-hydrogen) atoms. The van der Waals surface area contributed by atoms with E-state index in [4.69, 9.17) is 15.2 Å². The lowest BCUT2D eigenvalue weighted by atomic mass is 9.97. The number of benzene rings is 2. The molecule has 1 atom stereocenters. The minimum atomic E-state index is -0.392. The molecule has 0 radical (unpaired) electrons. The second-order valence-electron chi connectivity index (χ2n) is 5.30. The van der Waals surface area contributed by atoms with Crippen molar-refractivity contribution in [2.24, 2.45) is 5.73 Å². The van der Waals surface area contributed by atoms with Gasteiger partial charge in [-0.1, -0.05) is 12.1 Å². The summed E-state index contributed by atoms with van der Waals surface area (Å²) in [5.74, 6) is 1.17. The molecule has 3 nitrogen and oxygen atoms in total. The minimum Gasteiger partial charge on any atom is -0.490 e. The zero-order chi connectivity index (χ0) is 14.8. The first kappa shape index (κ1) is 13.9. The van der Waals surface area contributed by atoms with Crippen LogP contribution in [0.15, 0.2) is 36.4 Å². The van der Waals surface area contributed by atoms with Crippen molar-refractivity contribution in [1.29, 1.82) is 0 Å². The van der Waals surface area contributed by atoms with E-state index in [1.54, 1.807) is 0 Å². The van der Waals surface area contributed by atoms with E-state index in [1.165, 1.54) is 12.1 Å². The molecule has 1 heterocycles. The van der Waals surface area contributed by atoms with E-state index >= 15 is 0 Å². The molecule has 0 amide bonds. The van der Waals surface area contributed by atoms with Gasteiger partial charge in [0.15, 0.2) is 11.5 Å². The molecule has 0 fully saturated rings. The molecule has 0 saturated carbocycles. The number of hydrogen-bond acceptors (Lipinski definition) is 3. The summed E-state index contributed by atoms with van der Waals surface area (Å²) < 4.78 is 24.8. The predicted octanol–water partition coefficient (Wildman–Crippen LogP) is 3.34. The van der Waals surface area contributed by atoms with E-state index in [2.05, 4.69) is 0 Å². The highest BCUT2D eigenvalue weighted by Gasteiger charge is 2.15. The number of nitrogens with two attached hydrogens (primary N) is 1. The van der Waals surface area contributed by atoms with Crippen LogP contribution in [0.4, 0.5) is 4.39 Å². The topological polar surface area (TPSA) is 44.5 Å². The molecule has 1 unspecified atom stereocenters. The van der Waals surface area contributed by atoms with Gasteiger partial charge in [0.25, 0.3) is 0 Å². The van der Waals surface area contributed by atoms with E-state index in [1.807, 2.05) is 31.2 Å². The molecule has 0 spiro atoms. The Kier molecular flexibility index (Phi) is 3.80. The van der Waals surface area contributed by atoms with Gasteiger partial charge in [-0.2, -0.15) is 0 Å². The largest absolute Gasteiger partial charge is 0.490 e. The fourth-order valence-corrected chi connectivity index (χ4v) is 2.51. The van der Waals surface area contributed by atoms with Crippen molar-refractivity contribution in [3.63, 3.8) is 0 Å². The molecule has 1 aliphatic rings. The van der Waals surface area contributed by atoms with Gasteiger partial charge >= 0.3 is 0 Å². The Hall–Kier alpha value is -2.07. The Balaban J connectivity index is 1.94. The Bertz CT molecular complexity index is 637. The second kappa shape index (κ2) is 5.74. The molecule has 2 aromatic carbocycles. The van der Waals surface area contributed by atoms with Gasteiger partial charge in [0, 0.05) is 6.42 Å². The fourth-order valence-electron chi connectivity index (χ4n) is 2.51. The maximum atomic E-state index is 13.5. The highest BCUT2D eigenvalue weighted by atomic mass is 19.1. The summed E-state index contributed by atoms with van der Waals surface area (Å²) in [6, 6.07) is 10.1. The van der Waals surface area contributed by atoms with Crippen molar-refractivity contribution in [3.8, 4) is 11.5 Å². The van der Waals surface area contributed by atoms with Gasteiger partial charge in [-0.15, -0.1) is 0 Å². The number of halogens is 1. The van der Waals surface area contributed by atoms with Crippen LogP contribution in [0, 0.1) is 12.7 Å². The molecule has 2 aromatic rings. The maximum absolute atomic E-state index is 13.5. The third-order valence-electron chi connectivity index (χ3n) is 3.55. The van der Waals surface area contributed by atoms with Gasteiger partial charge in [0.05, 0.1) is 19.3 Å². The van der Waals surface area contributed by atoms with Crippen molar-refractivity contribution in [1.82, 2.24) is 0 Å². The summed E-state index contributed by atoms with van der Waals surface area (Å²) in [5.41, 5.74) is 8.75. The zero-order valence-corrected chi connectivity index (χ0v) is 11.9. The molecule has 0 aliphatic carbocycles. The third-order valence-corrected chi connectivity index (χ3v) is 3.55. The highest BCUT2D eigenvalue weighted by Crippen LogP contribution is 2.33. The van der Waals surface area contributed by atoms with E-state index in [-0.39, 0.29) is 5.82 Å². The lowest BCUT2D eigenvalue weighted by molar-refractivity contribution is 0.297. The first-order chi connectivity index (χ1) is 10.1. The Labute approximate surface area is 123 Å². The van der Waals surface area contributed by atoms with Gasteiger partial charge in [-0.25, -0.2) is 4.39 Å². The summed E-state index contributed by atoms with van der Waals surface area (Å²) in [7, 11) is 0. The van der Waals surface area contributed by atoms with Crippen LogP contribution in [-0.4, -0.2) is 13.2 Å². The average Bonchev–Trinajstić information content (AvgIpc) is 2.69. The molecule has 2 N–H and O–H groups in total. The lowest BCUT2D eigenvalue weighted by Crippen LogP contribution is -2.12. The van der Waals surface area contributed by atoms with Crippen LogP contribution in [0.5, 0.6) is 11.5 Å². The normalized spacial score (nSPS) is 15.4. The van der Waals surface area contributed by atoms with E-state index < -0.39 is 6.04 Å². The molecule has 3 rings (SSSR count). The number of aryl methyl sites for hydroxylation is 1. The SMILES string of the molecule is Cc1cc(F)cc(C(N)c2ccc3c(c2)OCCCO3)c1. The van der Waals surface area contributed by atoms with E-state index in [0.717, 1.165) is 28.9 Å². The van der Waals surface area contributed by atoms with Crippen LogP contribution in [0.2, 0.25) is 0 Å². The van der Waals surface area contributed by atoms with Gasteiger partial charge in [0.1, 0.15) is 5.82 Å². The standard InChI is InChI=1S/C17H18FNO2/c1-11-7-13(9-14(18)8-11)17(19)12-3-4-15-16(10-12)21-6-2-5-20-15/h3-4,7-10,17H,2,5-6,19H2,1H3. The molecule has 0 bridgehead atoms. The first-order valence-corrected chi connectivity index (χ1v) is 7.06. The summed E-state index contributed by atoms with van der Waals surface area (Å²) >= 11 is 0. The molecule has 0 saturated heterocycles. The number of fused-ring (bicyclic) bond motifs is 1. The third kappa shape index (κ3) is 3.00. The molecule has 110 valence electrons. The van der Waals surface area contributed by atoms with Crippen LogP contribution < -0.4 is 15.2 Å². The van der Waals surface area contributed by atoms with Gasteiger partial charge in [-0.05, 0) is 47.9 Å². The first-order valence-electron chi connectivity index (χ1n) is 7.06. The predicted molar refractivity (Wildman–Crippen MR) is 79.2 cm³/mol. The van der Waals surface area contributed by atoms with Crippen LogP contribution in [-0.2, 0) is 0 Å². The minimum absolute atomic E-state index is 0.269. The van der Waals surface area contributed by atoms with Crippen molar-refractivity contribution < 1.29 is 13.9 Å². The summed E-state index contributed by atoms with van der Waals surface area (Å²) in [4.78, 5) is 0. The van der Waals surface area contributed by atoms with E-state index in [9.17, 15) is 4.39 Å². The molecular formula is C17H18FNO2. The smallest absolute Gasteiger partial charge is 0.161 e. The van der Waals surface area contributed by atoms with E-state index in [0.29, 0.717) is 19.0 Å². The van der Waals surface area contributed by atoms with Crippen LogP contribution in [0.3, 0.4) is 0 Å². The van der Waals surface area contributed by atoms with Crippen molar-refractivity contribution in [2.75, 3.05) is 13.2 Å². The monoisotopic (exact) mass is 287 g/mol. The lowest BCUT2D eigenvalue weighted by Gasteiger charge is -2.16. The number of hydrogen-bond donors (Lipinski definition) is 1. The van der Waals surface area contributed by atoms with Gasteiger partial charge in [-0.3, -0.25) is 0 Å². The summed E-state index contributed by atoms with van der Waals surface area (Å²) in [6.07, 6.45) is 0.860. The molecular weight excluding hydrogens is 269 g/mol.